The molecule has 0 N–H and O–H groups in total. The molecule has 178 valence electrons. The van der Waals surface area contributed by atoms with Gasteiger partial charge in [0.2, 0.25) is 5.88 Å². The van der Waals surface area contributed by atoms with E-state index in [-0.39, 0.29) is 41.7 Å². The summed E-state index contributed by atoms with van der Waals surface area (Å²) in [6.07, 6.45) is -2.65. The molecular weight excluding hydrogens is 470 g/mol. The van der Waals surface area contributed by atoms with Crippen LogP contribution in [-0.2, 0) is 6.18 Å². The van der Waals surface area contributed by atoms with Crippen molar-refractivity contribution in [2.24, 2.45) is 5.92 Å². The Labute approximate surface area is 197 Å². The lowest BCUT2D eigenvalue weighted by atomic mass is 9.98. The molecule has 1 saturated carbocycles. The van der Waals surface area contributed by atoms with E-state index >= 15 is 0 Å². The van der Waals surface area contributed by atoms with Crippen molar-refractivity contribution in [2.75, 3.05) is 0 Å². The van der Waals surface area contributed by atoms with Gasteiger partial charge in [0.1, 0.15) is 17.6 Å². The molecule has 4 atom stereocenters. The molecule has 2 aliphatic rings. The fourth-order valence-corrected chi connectivity index (χ4v) is 5.87. The number of carbonyl (C=O) groups is 1. The molecule has 1 aromatic carbocycles. The third-order valence-electron chi connectivity index (χ3n) is 6.60. The van der Waals surface area contributed by atoms with Gasteiger partial charge in [0.05, 0.1) is 21.5 Å². The van der Waals surface area contributed by atoms with Crippen LogP contribution in [-0.4, -0.2) is 39.0 Å². The zero-order valence-corrected chi connectivity index (χ0v) is 19.2. The van der Waals surface area contributed by atoms with E-state index in [0.29, 0.717) is 22.6 Å². The zero-order valence-electron chi connectivity index (χ0n) is 18.3. The number of benzene rings is 1. The number of carbonyl (C=O) groups excluding carboxylic acids is 1. The van der Waals surface area contributed by atoms with Crippen LogP contribution >= 0.6 is 11.3 Å². The first-order valence-corrected chi connectivity index (χ1v) is 11.7. The Kier molecular flexibility index (Phi) is 5.58. The van der Waals surface area contributed by atoms with Gasteiger partial charge in [-0.25, -0.2) is 14.4 Å². The number of aryl methyl sites for hydroxylation is 1. The van der Waals surface area contributed by atoms with Gasteiger partial charge in [-0.2, -0.15) is 13.2 Å². The third-order valence-corrected chi connectivity index (χ3v) is 7.62. The minimum Gasteiger partial charge on any atom is -0.472 e. The molecule has 1 aliphatic heterocycles. The standard InChI is InChI=1S/C24H21F4N3O2S/c1-12-15-9-18(19(10-15)33-20-8-5-16(11-29-20)24(26,27)28)31(12)23(32)21-22(34-13(2)30-21)14-3-6-17(25)7-4-14/h3-8,11-12,15,18-19H,9-10H2,1-2H3/t12-,15-,18+,19-/m1/s1. The molecular formula is C24H21F4N3O2S. The maximum absolute atomic E-state index is 13.7. The molecule has 1 amide bonds. The molecule has 34 heavy (non-hydrogen) atoms. The van der Waals surface area contributed by atoms with Crippen molar-refractivity contribution in [1.82, 2.24) is 14.9 Å². The first kappa shape index (κ1) is 22.8. The molecule has 2 aromatic heterocycles. The number of piperidine rings is 1. The minimum absolute atomic E-state index is 0.0269. The summed E-state index contributed by atoms with van der Waals surface area (Å²) in [6.45, 7) is 3.81. The summed E-state index contributed by atoms with van der Waals surface area (Å²) in [6, 6.07) is 7.83. The molecule has 3 aromatic rings. The van der Waals surface area contributed by atoms with Crippen LogP contribution in [0.4, 0.5) is 17.6 Å². The number of likely N-dealkylation sites (tertiary alicyclic amines) is 1. The van der Waals surface area contributed by atoms with Gasteiger partial charge < -0.3 is 9.64 Å². The molecule has 0 unspecified atom stereocenters. The first-order valence-electron chi connectivity index (χ1n) is 10.9. The number of amides is 1. The van der Waals surface area contributed by atoms with Crippen LogP contribution in [0.15, 0.2) is 42.6 Å². The predicted octanol–water partition coefficient (Wildman–Crippen LogP) is 5.74. The van der Waals surface area contributed by atoms with Crippen LogP contribution in [0.2, 0.25) is 0 Å². The Hall–Kier alpha value is -3.01. The van der Waals surface area contributed by atoms with Gasteiger partial charge in [-0.05, 0) is 56.4 Å². The van der Waals surface area contributed by atoms with Gasteiger partial charge in [-0.15, -0.1) is 11.3 Å². The fourth-order valence-electron chi connectivity index (χ4n) is 4.96. The highest BCUT2D eigenvalue weighted by Gasteiger charge is 2.53. The number of pyridine rings is 1. The lowest BCUT2D eigenvalue weighted by Gasteiger charge is -2.37. The second-order valence-electron chi connectivity index (χ2n) is 8.71. The summed E-state index contributed by atoms with van der Waals surface area (Å²) in [7, 11) is 0. The number of ether oxygens (including phenoxy) is 1. The quantitative estimate of drug-likeness (QED) is 0.437. The second-order valence-corrected chi connectivity index (χ2v) is 9.91. The minimum atomic E-state index is -4.47. The maximum Gasteiger partial charge on any atom is 0.417 e. The number of aromatic nitrogens is 2. The SMILES string of the molecule is Cc1nc(C(=O)N2[C@H](C)[C@H]3C[C@@H](Oc4ccc(C(F)(F)F)cn4)[C@@H]2C3)c(-c2ccc(F)cc2)s1. The molecule has 0 spiro atoms. The zero-order chi connectivity index (χ0) is 24.2. The number of fused-ring (bicyclic) bond motifs is 2. The van der Waals surface area contributed by atoms with Crippen molar-refractivity contribution >= 4 is 17.2 Å². The predicted molar refractivity (Wildman–Crippen MR) is 118 cm³/mol. The van der Waals surface area contributed by atoms with E-state index in [1.807, 2.05) is 13.8 Å². The normalized spacial score (nSPS) is 24.0. The van der Waals surface area contributed by atoms with Crippen molar-refractivity contribution < 1.29 is 27.1 Å². The number of alkyl halides is 3. The largest absolute Gasteiger partial charge is 0.472 e. The van der Waals surface area contributed by atoms with Gasteiger partial charge in [0, 0.05) is 18.3 Å². The van der Waals surface area contributed by atoms with E-state index in [2.05, 4.69) is 9.97 Å². The Morgan fingerprint density at radius 3 is 2.50 bits per heavy atom. The Bertz CT molecular complexity index is 1210. The van der Waals surface area contributed by atoms with Crippen LogP contribution in [0.5, 0.6) is 5.88 Å². The molecule has 3 heterocycles. The number of hydrogen-bond donors (Lipinski definition) is 0. The van der Waals surface area contributed by atoms with Crippen molar-refractivity contribution in [1.29, 1.82) is 0 Å². The molecule has 10 heteroatoms. The second kappa shape index (κ2) is 8.33. The van der Waals surface area contributed by atoms with Crippen LogP contribution < -0.4 is 4.74 Å². The van der Waals surface area contributed by atoms with Crippen LogP contribution in [0.3, 0.4) is 0 Å². The van der Waals surface area contributed by atoms with Crippen molar-refractivity contribution in [2.45, 2.75) is 51.1 Å². The molecule has 1 aliphatic carbocycles. The Balaban J connectivity index is 1.39. The summed E-state index contributed by atoms with van der Waals surface area (Å²) in [4.78, 5) is 24.4. The van der Waals surface area contributed by atoms with Gasteiger partial charge in [0.25, 0.3) is 5.91 Å². The van der Waals surface area contributed by atoms with E-state index in [1.54, 1.807) is 17.0 Å². The summed E-state index contributed by atoms with van der Waals surface area (Å²) in [5.74, 6) is -0.276. The van der Waals surface area contributed by atoms with E-state index in [0.717, 1.165) is 23.7 Å². The highest BCUT2D eigenvalue weighted by atomic mass is 32.1. The van der Waals surface area contributed by atoms with E-state index in [4.69, 9.17) is 4.74 Å². The number of halogens is 4. The van der Waals surface area contributed by atoms with Crippen molar-refractivity contribution in [3.63, 3.8) is 0 Å². The molecule has 5 rings (SSSR count). The third kappa shape index (κ3) is 4.04. The van der Waals surface area contributed by atoms with Crippen molar-refractivity contribution in [3.05, 3.63) is 64.7 Å². The number of hydrogen-bond acceptors (Lipinski definition) is 5. The molecule has 2 bridgehead atoms. The van der Waals surface area contributed by atoms with Gasteiger partial charge in [0.15, 0.2) is 0 Å². The summed E-state index contributed by atoms with van der Waals surface area (Å²) in [5.41, 5.74) is 0.194. The van der Waals surface area contributed by atoms with E-state index < -0.39 is 11.7 Å². The number of nitrogens with zero attached hydrogens (tertiary/aromatic N) is 3. The van der Waals surface area contributed by atoms with Gasteiger partial charge in [-0.1, -0.05) is 12.1 Å². The average molecular weight is 492 g/mol. The molecule has 0 radical (unpaired) electrons. The maximum atomic E-state index is 13.7. The topological polar surface area (TPSA) is 55.3 Å². The Morgan fingerprint density at radius 1 is 1.15 bits per heavy atom. The fraction of sp³-hybridized carbons (Fsp3) is 0.375. The summed E-state index contributed by atoms with van der Waals surface area (Å²) in [5, 5.41) is 0.724. The molecule has 1 saturated heterocycles. The van der Waals surface area contributed by atoms with Crippen LogP contribution in [0.25, 0.3) is 10.4 Å². The molecule has 2 fully saturated rings. The van der Waals surface area contributed by atoms with E-state index in [1.165, 1.54) is 29.5 Å². The molecule has 5 nitrogen and oxygen atoms in total. The Morgan fingerprint density at radius 2 is 1.88 bits per heavy atom. The van der Waals surface area contributed by atoms with E-state index in [9.17, 15) is 22.4 Å². The summed E-state index contributed by atoms with van der Waals surface area (Å²) < 4.78 is 57.8. The number of rotatable bonds is 4. The van der Waals surface area contributed by atoms with Gasteiger partial charge in [-0.3, -0.25) is 4.79 Å². The average Bonchev–Trinajstić information content (AvgIpc) is 3.46. The lowest BCUT2D eigenvalue weighted by Crippen LogP contribution is -2.51. The van der Waals surface area contributed by atoms with Crippen LogP contribution in [0.1, 0.15) is 40.8 Å². The number of thiazole rings is 1. The monoisotopic (exact) mass is 491 g/mol. The van der Waals surface area contributed by atoms with Crippen molar-refractivity contribution in [3.8, 4) is 16.3 Å². The van der Waals surface area contributed by atoms with Crippen LogP contribution in [0, 0.1) is 18.7 Å². The van der Waals surface area contributed by atoms with Gasteiger partial charge >= 0.3 is 6.18 Å². The lowest BCUT2D eigenvalue weighted by molar-refractivity contribution is -0.137. The highest BCUT2D eigenvalue weighted by Crippen LogP contribution is 2.45. The smallest absolute Gasteiger partial charge is 0.417 e. The highest BCUT2D eigenvalue weighted by molar-refractivity contribution is 7.15. The summed E-state index contributed by atoms with van der Waals surface area (Å²) >= 11 is 1.37. The first-order chi connectivity index (χ1) is 16.1.